The number of rotatable bonds is 2. The quantitative estimate of drug-likeness (QED) is 0.797. The van der Waals surface area contributed by atoms with E-state index in [2.05, 4.69) is 5.32 Å². The third-order valence-corrected chi connectivity index (χ3v) is 7.69. The molecule has 3 amide bonds. The van der Waals surface area contributed by atoms with Gasteiger partial charge in [0.25, 0.3) is 0 Å². The van der Waals surface area contributed by atoms with Gasteiger partial charge in [-0.3, -0.25) is 0 Å². The molecule has 1 N–H and O–H groups in total. The molecule has 1 aromatic carbocycles. The predicted molar refractivity (Wildman–Crippen MR) is 99.7 cm³/mol. The minimum atomic E-state index is -3.16. The maximum absolute atomic E-state index is 12.6. The van der Waals surface area contributed by atoms with Crippen molar-refractivity contribution in [3.8, 4) is 0 Å². The molecule has 0 aromatic heterocycles. The molecule has 150 valence electrons. The topological polar surface area (TPSA) is 96.0 Å². The van der Waals surface area contributed by atoms with Crippen molar-refractivity contribution in [2.75, 3.05) is 39.0 Å². The number of nitrogens with one attached hydrogen (secondary N) is 1. The lowest BCUT2D eigenvalue weighted by Crippen LogP contribution is -2.74. The molecule has 28 heavy (non-hydrogen) atoms. The van der Waals surface area contributed by atoms with E-state index in [1.807, 2.05) is 17.0 Å². The molecule has 0 atom stereocenters. The van der Waals surface area contributed by atoms with Crippen molar-refractivity contribution in [2.45, 2.75) is 29.2 Å². The lowest BCUT2D eigenvalue weighted by Gasteiger charge is -2.60. The molecule has 2 spiro atoms. The third-order valence-electron chi connectivity index (χ3n) is 6.57. The number of nitrogens with zero attached hydrogens (tertiary/aromatic N) is 2. The van der Waals surface area contributed by atoms with Crippen LogP contribution in [-0.4, -0.2) is 74.9 Å². The number of urea groups is 1. The van der Waals surface area contributed by atoms with Crippen LogP contribution in [0.15, 0.2) is 29.2 Å². The summed E-state index contributed by atoms with van der Waals surface area (Å²) in [4.78, 5) is 27.8. The number of hydrogen-bond donors (Lipinski definition) is 1. The van der Waals surface area contributed by atoms with Crippen LogP contribution in [-0.2, 0) is 14.6 Å². The van der Waals surface area contributed by atoms with E-state index in [0.29, 0.717) is 30.5 Å². The summed E-state index contributed by atoms with van der Waals surface area (Å²) < 4.78 is 28.1. The number of carbonyl (C=O) groups excluding carboxylic acids is 2. The van der Waals surface area contributed by atoms with Crippen LogP contribution in [0.3, 0.4) is 0 Å². The van der Waals surface area contributed by atoms with E-state index in [0.717, 1.165) is 25.9 Å². The number of benzene rings is 1. The van der Waals surface area contributed by atoms with Gasteiger partial charge in [0.2, 0.25) is 0 Å². The average Bonchev–Trinajstić information content (AvgIpc) is 2.92. The smallest absolute Gasteiger partial charge is 0.407 e. The Labute approximate surface area is 163 Å². The van der Waals surface area contributed by atoms with Crippen LogP contribution in [0.1, 0.15) is 24.3 Å². The van der Waals surface area contributed by atoms with Gasteiger partial charge in [-0.25, -0.2) is 18.0 Å². The molecule has 3 saturated heterocycles. The fraction of sp³-hybridized carbons (Fsp3) is 0.579. The summed E-state index contributed by atoms with van der Waals surface area (Å²) in [5, 5.41) is 2.79. The average molecular weight is 405 g/mol. The first-order valence-corrected chi connectivity index (χ1v) is 11.4. The number of ether oxygens (including phenoxy) is 1. The normalized spacial score (nSPS) is 25.0. The number of likely N-dealkylation sites (tertiary alicyclic amines) is 2. The van der Waals surface area contributed by atoms with E-state index in [4.69, 9.17) is 4.74 Å². The van der Waals surface area contributed by atoms with E-state index < -0.39 is 15.9 Å². The van der Waals surface area contributed by atoms with Gasteiger partial charge >= 0.3 is 12.1 Å². The zero-order valence-corrected chi connectivity index (χ0v) is 16.5. The molecule has 4 fully saturated rings. The highest BCUT2D eigenvalue weighted by Crippen LogP contribution is 2.56. The van der Waals surface area contributed by atoms with Gasteiger partial charge in [-0.1, -0.05) is 12.1 Å². The van der Waals surface area contributed by atoms with E-state index in [-0.39, 0.29) is 17.0 Å². The molecule has 5 rings (SSSR count). The van der Waals surface area contributed by atoms with Gasteiger partial charge in [-0.05, 0) is 36.5 Å². The standard InChI is InChI=1S/C19H23N3O5S/c1-28(25,26)15-4-2-13(3-5-15)14-6-18(7-14)8-21(9-18)17(24)22-10-19(11-22)12-27-16(23)20-19/h2-5,14H,6-12H2,1H3,(H,20,23). The molecule has 8 nitrogen and oxygen atoms in total. The number of amides is 3. The first kappa shape index (κ1) is 17.8. The molecule has 9 heteroatoms. The predicted octanol–water partition coefficient (Wildman–Crippen LogP) is 1.18. The van der Waals surface area contributed by atoms with Crippen molar-refractivity contribution < 1.29 is 22.7 Å². The van der Waals surface area contributed by atoms with Crippen molar-refractivity contribution >= 4 is 22.0 Å². The Hall–Kier alpha value is -2.29. The number of alkyl carbamates (subject to hydrolysis) is 1. The Morgan fingerprint density at radius 3 is 2.25 bits per heavy atom. The summed E-state index contributed by atoms with van der Waals surface area (Å²) in [6, 6.07) is 7.22. The largest absolute Gasteiger partial charge is 0.447 e. The number of hydrogen-bond acceptors (Lipinski definition) is 5. The zero-order valence-electron chi connectivity index (χ0n) is 15.7. The molecule has 1 aliphatic carbocycles. The van der Waals surface area contributed by atoms with E-state index in [1.165, 1.54) is 11.8 Å². The molecule has 1 aromatic rings. The summed E-state index contributed by atoms with van der Waals surface area (Å²) >= 11 is 0. The van der Waals surface area contributed by atoms with Crippen molar-refractivity contribution in [1.82, 2.24) is 15.1 Å². The van der Waals surface area contributed by atoms with Gasteiger partial charge < -0.3 is 19.9 Å². The molecular formula is C19H23N3O5S. The van der Waals surface area contributed by atoms with Gasteiger partial charge in [0.05, 0.1) is 18.0 Å². The van der Waals surface area contributed by atoms with E-state index in [9.17, 15) is 18.0 Å². The molecule has 0 bridgehead atoms. The van der Waals surface area contributed by atoms with E-state index in [1.54, 1.807) is 17.0 Å². The summed E-state index contributed by atoms with van der Waals surface area (Å²) in [6.07, 6.45) is 2.87. The lowest BCUT2D eigenvalue weighted by molar-refractivity contribution is -0.0636. The van der Waals surface area contributed by atoms with Crippen molar-refractivity contribution in [3.63, 3.8) is 0 Å². The fourth-order valence-electron chi connectivity index (χ4n) is 5.05. The number of cyclic esters (lactones) is 1. The summed E-state index contributed by atoms with van der Waals surface area (Å²) in [7, 11) is -3.16. The van der Waals surface area contributed by atoms with Crippen LogP contribution in [0.2, 0.25) is 0 Å². The molecule has 4 aliphatic rings. The number of carbonyl (C=O) groups is 2. The second-order valence-corrected chi connectivity index (χ2v) is 10.9. The second kappa shape index (κ2) is 5.62. The highest BCUT2D eigenvalue weighted by molar-refractivity contribution is 7.90. The Bertz CT molecular complexity index is 938. The monoisotopic (exact) mass is 405 g/mol. The molecule has 3 heterocycles. The summed E-state index contributed by atoms with van der Waals surface area (Å²) in [5.74, 6) is 0.434. The highest BCUT2D eigenvalue weighted by atomic mass is 32.2. The minimum Gasteiger partial charge on any atom is -0.447 e. The maximum Gasteiger partial charge on any atom is 0.407 e. The van der Waals surface area contributed by atoms with Gasteiger partial charge in [0, 0.05) is 24.8 Å². The van der Waals surface area contributed by atoms with Crippen molar-refractivity contribution in [3.05, 3.63) is 29.8 Å². The van der Waals surface area contributed by atoms with Crippen molar-refractivity contribution in [1.29, 1.82) is 0 Å². The molecule has 0 unspecified atom stereocenters. The van der Waals surface area contributed by atoms with Crippen LogP contribution in [0.4, 0.5) is 9.59 Å². The summed E-state index contributed by atoms with van der Waals surface area (Å²) in [6.45, 7) is 2.90. The van der Waals surface area contributed by atoms with Gasteiger partial charge in [0.15, 0.2) is 9.84 Å². The summed E-state index contributed by atoms with van der Waals surface area (Å²) in [5.41, 5.74) is 1.00. The van der Waals surface area contributed by atoms with E-state index >= 15 is 0 Å². The van der Waals surface area contributed by atoms with Crippen LogP contribution >= 0.6 is 0 Å². The minimum absolute atomic E-state index is 0.0401. The Kier molecular flexibility index (Phi) is 3.57. The van der Waals surface area contributed by atoms with Gasteiger partial charge in [-0.2, -0.15) is 0 Å². The third kappa shape index (κ3) is 2.75. The first-order valence-electron chi connectivity index (χ1n) is 9.46. The second-order valence-electron chi connectivity index (χ2n) is 8.92. The van der Waals surface area contributed by atoms with Gasteiger partial charge in [-0.15, -0.1) is 0 Å². The molecule has 1 saturated carbocycles. The fourth-order valence-corrected chi connectivity index (χ4v) is 5.68. The zero-order chi connectivity index (χ0) is 19.7. The maximum atomic E-state index is 12.6. The lowest BCUT2D eigenvalue weighted by atomic mass is 9.56. The number of sulfone groups is 1. The van der Waals surface area contributed by atoms with Crippen LogP contribution < -0.4 is 5.32 Å². The Morgan fingerprint density at radius 2 is 1.71 bits per heavy atom. The molecular weight excluding hydrogens is 382 g/mol. The van der Waals surface area contributed by atoms with Crippen LogP contribution in [0.5, 0.6) is 0 Å². The SMILES string of the molecule is CS(=O)(=O)c1ccc(C2CC3(C2)CN(C(=O)N2CC4(COC(=O)N4)C2)C3)cc1. The van der Waals surface area contributed by atoms with Gasteiger partial charge in [0.1, 0.15) is 12.1 Å². The Balaban J connectivity index is 1.12. The van der Waals surface area contributed by atoms with Crippen LogP contribution in [0.25, 0.3) is 0 Å². The Morgan fingerprint density at radius 1 is 1.11 bits per heavy atom. The van der Waals surface area contributed by atoms with Crippen LogP contribution in [0, 0.1) is 5.41 Å². The molecule has 0 radical (unpaired) electrons. The van der Waals surface area contributed by atoms with Crippen molar-refractivity contribution in [2.24, 2.45) is 5.41 Å². The molecule has 3 aliphatic heterocycles. The highest BCUT2D eigenvalue weighted by Gasteiger charge is 2.57. The first-order chi connectivity index (χ1) is 13.2.